The number of aliphatic hydroxyl groups excluding tert-OH is 1. The van der Waals surface area contributed by atoms with E-state index in [0.29, 0.717) is 11.3 Å². The third-order valence-electron chi connectivity index (χ3n) is 5.27. The molecule has 10 heteroatoms. The number of carbonyl (C=O) groups excluding carboxylic acids is 1. The fourth-order valence-electron chi connectivity index (χ4n) is 3.75. The molecule has 3 unspecified atom stereocenters. The minimum Gasteiger partial charge on any atom is -0.403 e. The van der Waals surface area contributed by atoms with Crippen LogP contribution >= 0.6 is 10.9 Å². The van der Waals surface area contributed by atoms with E-state index in [1.807, 2.05) is 19.1 Å². The summed E-state index contributed by atoms with van der Waals surface area (Å²) in [7, 11) is -3.31. The van der Waals surface area contributed by atoms with Gasteiger partial charge in [-0.1, -0.05) is 19.1 Å². The summed E-state index contributed by atoms with van der Waals surface area (Å²) in [5, 5.41) is 16.5. The van der Waals surface area contributed by atoms with Gasteiger partial charge in [-0.15, -0.1) is 0 Å². The van der Waals surface area contributed by atoms with Crippen molar-refractivity contribution in [1.82, 2.24) is 10.6 Å². The van der Waals surface area contributed by atoms with Gasteiger partial charge in [0.1, 0.15) is 28.3 Å². The Morgan fingerprint density at radius 3 is 2.50 bits per heavy atom. The summed E-state index contributed by atoms with van der Waals surface area (Å²) in [6, 6.07) is 7.16. The standard InChI is InChI=1S/C22H28F2N2O5S/c1-3-14-4-5-22-18(8-14)20(12-32(29,30)31-22)25-11-21(28)19(26-13(2)27)9-15-6-16(23)10-17(24)7-15/h4-8,10,19-21,25,28-30H,3,9,11-12H2,1-2H3,(H,26,27). The second-order valence-electron chi connectivity index (χ2n) is 7.90. The molecule has 2 aromatic carbocycles. The third-order valence-corrected chi connectivity index (χ3v) is 6.48. The number of carbonyl (C=O) groups is 1. The number of aryl methyl sites for hydroxylation is 1. The van der Waals surface area contributed by atoms with E-state index in [0.717, 1.165) is 35.7 Å². The zero-order chi connectivity index (χ0) is 23.5. The van der Waals surface area contributed by atoms with Crippen LogP contribution in [0.15, 0.2) is 36.4 Å². The Bertz CT molecular complexity index is 955. The highest BCUT2D eigenvalue weighted by Crippen LogP contribution is 2.50. The van der Waals surface area contributed by atoms with E-state index in [1.54, 1.807) is 6.07 Å². The normalized spacial score (nSPS) is 19.9. The molecule has 0 aliphatic carbocycles. The SMILES string of the molecule is CCc1ccc2c(c1)C(NCC(O)C(Cc1cc(F)cc(F)c1)NC(C)=O)CS(O)(O)O2. The minimum absolute atomic E-state index is 0.0106. The fourth-order valence-corrected chi connectivity index (χ4v) is 4.99. The molecule has 0 radical (unpaired) electrons. The van der Waals surface area contributed by atoms with Gasteiger partial charge in [0.25, 0.3) is 0 Å². The van der Waals surface area contributed by atoms with E-state index < -0.39 is 46.6 Å². The van der Waals surface area contributed by atoms with Crippen molar-refractivity contribution in [2.75, 3.05) is 12.3 Å². The molecule has 0 saturated heterocycles. The monoisotopic (exact) mass is 470 g/mol. The summed E-state index contributed by atoms with van der Waals surface area (Å²) in [6.45, 7) is 3.27. The number of nitrogens with one attached hydrogen (secondary N) is 2. The van der Waals surface area contributed by atoms with Crippen molar-refractivity contribution >= 4 is 16.8 Å². The smallest absolute Gasteiger partial charge is 0.217 e. The first-order valence-electron chi connectivity index (χ1n) is 10.3. The molecule has 1 aliphatic heterocycles. The molecule has 1 amide bonds. The maximum absolute atomic E-state index is 13.5. The van der Waals surface area contributed by atoms with Crippen molar-refractivity contribution in [2.24, 2.45) is 0 Å². The number of fused-ring (bicyclic) bond motifs is 1. The van der Waals surface area contributed by atoms with Gasteiger partial charge in [-0.25, -0.2) is 8.78 Å². The first kappa shape index (κ1) is 24.4. The summed E-state index contributed by atoms with van der Waals surface area (Å²) in [6.07, 6.45) is -0.322. The van der Waals surface area contributed by atoms with Gasteiger partial charge in [0.2, 0.25) is 5.91 Å². The van der Waals surface area contributed by atoms with Crippen LogP contribution in [0.5, 0.6) is 5.75 Å². The molecule has 2 aromatic rings. The predicted molar refractivity (Wildman–Crippen MR) is 119 cm³/mol. The molecule has 7 nitrogen and oxygen atoms in total. The van der Waals surface area contributed by atoms with Gasteiger partial charge in [-0.05, 0) is 42.2 Å². The third kappa shape index (κ3) is 6.39. The van der Waals surface area contributed by atoms with Gasteiger partial charge in [0.05, 0.1) is 23.9 Å². The number of hydrogen-bond acceptors (Lipinski definition) is 6. The lowest BCUT2D eigenvalue weighted by molar-refractivity contribution is -0.120. The van der Waals surface area contributed by atoms with Crippen LogP contribution in [0.2, 0.25) is 0 Å². The van der Waals surface area contributed by atoms with Crippen LogP contribution in [0.4, 0.5) is 8.78 Å². The molecule has 0 saturated carbocycles. The number of hydrogen-bond donors (Lipinski definition) is 5. The average molecular weight is 471 g/mol. The lowest BCUT2D eigenvalue weighted by atomic mass is 9.99. The van der Waals surface area contributed by atoms with E-state index >= 15 is 0 Å². The highest BCUT2D eigenvalue weighted by Gasteiger charge is 2.35. The van der Waals surface area contributed by atoms with Gasteiger partial charge < -0.3 is 19.9 Å². The van der Waals surface area contributed by atoms with Crippen LogP contribution in [0.3, 0.4) is 0 Å². The summed E-state index contributed by atoms with van der Waals surface area (Å²) in [5.74, 6) is -1.63. The molecular weight excluding hydrogens is 442 g/mol. The summed E-state index contributed by atoms with van der Waals surface area (Å²) in [4.78, 5) is 11.6. The van der Waals surface area contributed by atoms with Crippen LogP contribution in [0, 0.1) is 11.6 Å². The molecule has 0 spiro atoms. The number of aliphatic hydroxyl groups is 1. The number of amides is 1. The Morgan fingerprint density at radius 1 is 1.19 bits per heavy atom. The average Bonchev–Trinajstić information content (AvgIpc) is 2.69. The van der Waals surface area contributed by atoms with Gasteiger partial charge >= 0.3 is 0 Å². The second-order valence-corrected chi connectivity index (χ2v) is 9.61. The van der Waals surface area contributed by atoms with E-state index in [2.05, 4.69) is 10.6 Å². The molecule has 0 fully saturated rings. The van der Waals surface area contributed by atoms with Crippen LogP contribution in [0.25, 0.3) is 0 Å². The lowest BCUT2D eigenvalue weighted by Gasteiger charge is -2.38. The van der Waals surface area contributed by atoms with Crippen LogP contribution < -0.4 is 14.8 Å². The summed E-state index contributed by atoms with van der Waals surface area (Å²) < 4.78 is 52.7. The number of benzene rings is 2. The molecule has 1 aliphatic rings. The molecule has 176 valence electrons. The lowest BCUT2D eigenvalue weighted by Crippen LogP contribution is -2.49. The molecule has 1 heterocycles. The van der Waals surface area contributed by atoms with Crippen molar-refractivity contribution in [1.29, 1.82) is 0 Å². The molecule has 3 atom stereocenters. The van der Waals surface area contributed by atoms with Crippen LogP contribution in [-0.2, 0) is 17.6 Å². The maximum Gasteiger partial charge on any atom is 0.217 e. The number of rotatable bonds is 8. The first-order valence-corrected chi connectivity index (χ1v) is 11.9. The van der Waals surface area contributed by atoms with E-state index in [-0.39, 0.29) is 18.7 Å². The highest BCUT2D eigenvalue weighted by molar-refractivity contribution is 8.20. The van der Waals surface area contributed by atoms with Crippen molar-refractivity contribution < 1.29 is 32.0 Å². The Morgan fingerprint density at radius 2 is 1.88 bits per heavy atom. The van der Waals surface area contributed by atoms with E-state index in [9.17, 15) is 27.8 Å². The van der Waals surface area contributed by atoms with Crippen molar-refractivity contribution in [3.05, 3.63) is 64.7 Å². The Kier molecular flexibility index (Phi) is 7.73. The number of halogens is 2. The largest absolute Gasteiger partial charge is 0.403 e. The van der Waals surface area contributed by atoms with Crippen LogP contribution in [0.1, 0.15) is 36.6 Å². The van der Waals surface area contributed by atoms with Crippen molar-refractivity contribution in [3.63, 3.8) is 0 Å². The minimum atomic E-state index is -3.31. The topological polar surface area (TPSA) is 111 Å². The van der Waals surface area contributed by atoms with Crippen molar-refractivity contribution in [2.45, 2.75) is 44.9 Å². The summed E-state index contributed by atoms with van der Waals surface area (Å²) >= 11 is 0. The Balaban J connectivity index is 1.75. The molecule has 0 bridgehead atoms. The van der Waals surface area contributed by atoms with E-state index in [1.165, 1.54) is 6.92 Å². The second kappa shape index (κ2) is 10.1. The Hall–Kier alpha value is -2.24. The Labute approximate surface area is 187 Å². The summed E-state index contributed by atoms with van der Waals surface area (Å²) in [5.41, 5.74) is 2.08. The van der Waals surface area contributed by atoms with Gasteiger partial charge in [-0.3, -0.25) is 13.9 Å². The van der Waals surface area contributed by atoms with Gasteiger partial charge in [-0.2, -0.15) is 0 Å². The zero-order valence-electron chi connectivity index (χ0n) is 17.8. The molecule has 0 aromatic heterocycles. The van der Waals surface area contributed by atoms with Gasteiger partial charge in [0.15, 0.2) is 0 Å². The van der Waals surface area contributed by atoms with E-state index in [4.69, 9.17) is 4.18 Å². The highest BCUT2D eigenvalue weighted by atomic mass is 32.3. The first-order chi connectivity index (χ1) is 15.1. The molecule has 3 rings (SSSR count). The molecular formula is C22H28F2N2O5S. The molecule has 5 N–H and O–H groups in total. The predicted octanol–water partition coefficient (Wildman–Crippen LogP) is 3.32. The zero-order valence-corrected chi connectivity index (χ0v) is 18.7. The fraction of sp³-hybridized carbons (Fsp3) is 0.409. The molecule has 32 heavy (non-hydrogen) atoms. The quantitative estimate of drug-likeness (QED) is 0.405. The van der Waals surface area contributed by atoms with Crippen LogP contribution in [-0.4, -0.2) is 44.6 Å². The van der Waals surface area contributed by atoms with Gasteiger partial charge in [0, 0.05) is 25.1 Å². The maximum atomic E-state index is 13.5. The van der Waals surface area contributed by atoms with Crippen molar-refractivity contribution in [3.8, 4) is 5.75 Å².